The highest BCUT2D eigenvalue weighted by Crippen LogP contribution is 2.34. The molecule has 0 fully saturated rings. The molecular weight excluding hydrogens is 256 g/mol. The zero-order chi connectivity index (χ0) is 11.5. The zero-order valence-electron chi connectivity index (χ0n) is 8.53. The molecule has 0 aromatic heterocycles. The summed E-state index contributed by atoms with van der Waals surface area (Å²) in [7, 11) is 0. The van der Waals surface area contributed by atoms with Crippen LogP contribution in [0.3, 0.4) is 0 Å². The Balaban J connectivity index is 2.95. The lowest BCUT2D eigenvalue weighted by molar-refractivity contribution is -0.145. The molecule has 0 aliphatic carbocycles. The summed E-state index contributed by atoms with van der Waals surface area (Å²) in [6, 6.07) is 9.53. The van der Waals surface area contributed by atoms with Crippen LogP contribution in [-0.2, 0) is 11.2 Å². The van der Waals surface area contributed by atoms with Crippen molar-refractivity contribution in [2.75, 3.05) is 0 Å². The van der Waals surface area contributed by atoms with Crippen LogP contribution < -0.4 is 0 Å². The van der Waals surface area contributed by atoms with Crippen LogP contribution >= 0.6 is 15.9 Å². The summed E-state index contributed by atoms with van der Waals surface area (Å²) in [6.45, 7) is 5.35. The number of hydrogen-bond acceptors (Lipinski definition) is 1. The van der Waals surface area contributed by atoms with E-state index in [1.54, 1.807) is 6.92 Å². The molecule has 0 radical (unpaired) electrons. The number of carboxylic acid groups (broad SMARTS) is 1. The van der Waals surface area contributed by atoms with Gasteiger partial charge in [-0.05, 0) is 18.9 Å². The fourth-order valence-corrected chi connectivity index (χ4v) is 1.60. The molecule has 1 aromatic rings. The first-order chi connectivity index (χ1) is 6.97. The van der Waals surface area contributed by atoms with Gasteiger partial charge in [0, 0.05) is 4.48 Å². The third-order valence-electron chi connectivity index (χ3n) is 2.47. The third-order valence-corrected chi connectivity index (χ3v) is 3.35. The fourth-order valence-electron chi connectivity index (χ4n) is 1.29. The maximum Gasteiger partial charge on any atom is 0.314 e. The number of aliphatic carboxylic acids is 1. The minimum absolute atomic E-state index is 0.438. The van der Waals surface area contributed by atoms with Gasteiger partial charge in [0.25, 0.3) is 0 Å². The van der Waals surface area contributed by atoms with Gasteiger partial charge in [-0.2, -0.15) is 0 Å². The van der Waals surface area contributed by atoms with Crippen molar-refractivity contribution in [3.8, 4) is 0 Å². The molecule has 0 heterocycles. The second-order valence-electron chi connectivity index (χ2n) is 3.70. The normalized spacial score (nSPS) is 14.3. The monoisotopic (exact) mass is 268 g/mol. The van der Waals surface area contributed by atoms with Gasteiger partial charge in [0.15, 0.2) is 0 Å². The summed E-state index contributed by atoms with van der Waals surface area (Å²) in [5, 5.41) is 9.17. The largest absolute Gasteiger partial charge is 0.481 e. The average Bonchev–Trinajstić information content (AvgIpc) is 2.18. The molecule has 80 valence electrons. The second kappa shape index (κ2) is 4.62. The van der Waals surface area contributed by atoms with Crippen molar-refractivity contribution in [1.82, 2.24) is 0 Å². The molecule has 1 atom stereocenters. The molecule has 0 saturated heterocycles. The molecule has 0 saturated carbocycles. The minimum Gasteiger partial charge on any atom is -0.481 e. The Labute approximate surface area is 97.8 Å². The van der Waals surface area contributed by atoms with Crippen LogP contribution in [0.25, 0.3) is 0 Å². The number of benzene rings is 1. The summed E-state index contributed by atoms with van der Waals surface area (Å²) in [6.07, 6.45) is 0.438. The minimum atomic E-state index is -0.957. The third kappa shape index (κ3) is 2.69. The van der Waals surface area contributed by atoms with E-state index in [1.165, 1.54) is 0 Å². The molecule has 1 aromatic carbocycles. The van der Waals surface area contributed by atoms with Crippen molar-refractivity contribution in [3.63, 3.8) is 0 Å². The molecule has 0 aliphatic rings. The number of carbonyl (C=O) groups is 1. The number of hydrogen-bond donors (Lipinski definition) is 1. The van der Waals surface area contributed by atoms with E-state index in [9.17, 15) is 9.90 Å². The van der Waals surface area contributed by atoms with Crippen LogP contribution in [0.1, 0.15) is 12.5 Å². The molecule has 15 heavy (non-hydrogen) atoms. The standard InChI is InChI=1S/C12H13BrO2/c1-9(13)12(2,11(14)15)8-10-6-4-3-5-7-10/h3-7H,1,8H2,2H3,(H,14,15). The highest BCUT2D eigenvalue weighted by molar-refractivity contribution is 9.11. The highest BCUT2D eigenvalue weighted by atomic mass is 79.9. The van der Waals surface area contributed by atoms with Gasteiger partial charge in [-0.15, -0.1) is 0 Å². The smallest absolute Gasteiger partial charge is 0.314 e. The van der Waals surface area contributed by atoms with E-state index in [0.717, 1.165) is 5.56 Å². The lowest BCUT2D eigenvalue weighted by Gasteiger charge is -2.23. The van der Waals surface area contributed by atoms with Gasteiger partial charge in [0.05, 0.1) is 5.41 Å². The van der Waals surface area contributed by atoms with E-state index in [2.05, 4.69) is 22.5 Å². The maximum atomic E-state index is 11.2. The van der Waals surface area contributed by atoms with E-state index < -0.39 is 11.4 Å². The zero-order valence-corrected chi connectivity index (χ0v) is 10.1. The Kier molecular flexibility index (Phi) is 3.69. The van der Waals surface area contributed by atoms with E-state index >= 15 is 0 Å². The molecular formula is C12H13BrO2. The van der Waals surface area contributed by atoms with Crippen molar-refractivity contribution >= 4 is 21.9 Å². The first-order valence-corrected chi connectivity index (χ1v) is 5.38. The van der Waals surface area contributed by atoms with Gasteiger partial charge < -0.3 is 5.11 Å². The van der Waals surface area contributed by atoms with Crippen LogP contribution in [0.4, 0.5) is 0 Å². The van der Waals surface area contributed by atoms with Gasteiger partial charge in [0.1, 0.15) is 0 Å². The molecule has 1 unspecified atom stereocenters. The van der Waals surface area contributed by atoms with Crippen LogP contribution in [0.15, 0.2) is 41.4 Å². The van der Waals surface area contributed by atoms with Crippen molar-refractivity contribution < 1.29 is 9.90 Å². The Bertz CT molecular complexity index is 356. The topological polar surface area (TPSA) is 37.3 Å². The summed E-state index contributed by atoms with van der Waals surface area (Å²) in [4.78, 5) is 11.2. The predicted octanol–water partition coefficient (Wildman–Crippen LogP) is 3.23. The molecule has 0 bridgehead atoms. The van der Waals surface area contributed by atoms with Crippen molar-refractivity contribution in [3.05, 3.63) is 47.0 Å². The van der Waals surface area contributed by atoms with Crippen LogP contribution in [0.2, 0.25) is 0 Å². The summed E-state index contributed by atoms with van der Waals surface area (Å²) >= 11 is 3.18. The van der Waals surface area contributed by atoms with Crippen LogP contribution in [-0.4, -0.2) is 11.1 Å². The quantitative estimate of drug-likeness (QED) is 0.911. The van der Waals surface area contributed by atoms with E-state index in [-0.39, 0.29) is 0 Å². The molecule has 1 N–H and O–H groups in total. The Morgan fingerprint density at radius 3 is 2.40 bits per heavy atom. The van der Waals surface area contributed by atoms with Crippen molar-refractivity contribution in [2.24, 2.45) is 5.41 Å². The summed E-state index contributed by atoms with van der Waals surface area (Å²) in [5.74, 6) is -0.867. The maximum absolute atomic E-state index is 11.2. The molecule has 2 nitrogen and oxygen atoms in total. The number of rotatable bonds is 4. The number of halogens is 1. The second-order valence-corrected chi connectivity index (χ2v) is 4.66. The Morgan fingerprint density at radius 1 is 1.47 bits per heavy atom. The van der Waals surface area contributed by atoms with Crippen molar-refractivity contribution in [1.29, 1.82) is 0 Å². The predicted molar refractivity (Wildman–Crippen MR) is 64.0 cm³/mol. The van der Waals surface area contributed by atoms with Gasteiger partial charge >= 0.3 is 5.97 Å². The summed E-state index contributed by atoms with van der Waals surface area (Å²) < 4.78 is 0.492. The highest BCUT2D eigenvalue weighted by Gasteiger charge is 2.35. The van der Waals surface area contributed by atoms with E-state index in [0.29, 0.717) is 10.9 Å². The Hall–Kier alpha value is -1.09. The molecule has 3 heteroatoms. The molecule has 0 aliphatic heterocycles. The van der Waals surface area contributed by atoms with Gasteiger partial charge in [-0.25, -0.2) is 0 Å². The van der Waals surface area contributed by atoms with Crippen LogP contribution in [0, 0.1) is 5.41 Å². The van der Waals surface area contributed by atoms with Gasteiger partial charge in [-0.3, -0.25) is 4.79 Å². The Morgan fingerprint density at radius 2 is 2.00 bits per heavy atom. The average molecular weight is 269 g/mol. The SMILES string of the molecule is C=C(Br)C(C)(Cc1ccccc1)C(=O)O. The summed E-state index contributed by atoms with van der Waals surface area (Å²) in [5.41, 5.74) is 0.0319. The van der Waals surface area contributed by atoms with Crippen LogP contribution in [0.5, 0.6) is 0 Å². The lowest BCUT2D eigenvalue weighted by atomic mass is 9.84. The number of carboxylic acids is 1. The lowest BCUT2D eigenvalue weighted by Crippen LogP contribution is -2.30. The molecule has 0 spiro atoms. The molecule has 1 rings (SSSR count). The van der Waals surface area contributed by atoms with E-state index in [1.807, 2.05) is 30.3 Å². The first-order valence-electron chi connectivity index (χ1n) is 4.59. The first kappa shape index (κ1) is 12.0. The van der Waals surface area contributed by atoms with Gasteiger partial charge in [0.2, 0.25) is 0 Å². The fraction of sp³-hybridized carbons (Fsp3) is 0.250. The van der Waals surface area contributed by atoms with Crippen molar-refractivity contribution in [2.45, 2.75) is 13.3 Å². The molecule has 0 amide bonds. The van der Waals surface area contributed by atoms with E-state index in [4.69, 9.17) is 0 Å². The van der Waals surface area contributed by atoms with Gasteiger partial charge in [-0.1, -0.05) is 52.8 Å².